The first-order valence-electron chi connectivity index (χ1n) is 3.86. The van der Waals surface area contributed by atoms with Gasteiger partial charge in [0.15, 0.2) is 0 Å². The summed E-state index contributed by atoms with van der Waals surface area (Å²) in [6.45, 7) is 4.91. The molecule has 0 amide bonds. The molecule has 1 heteroatoms. The molecule has 54 valence electrons. The fourth-order valence-electron chi connectivity index (χ4n) is 1.59. The number of rotatable bonds is 3. The quantitative estimate of drug-likeness (QED) is 0.613. The van der Waals surface area contributed by atoms with E-state index < -0.39 is 0 Å². The van der Waals surface area contributed by atoms with Gasteiger partial charge in [-0.25, -0.2) is 0 Å². The van der Waals surface area contributed by atoms with E-state index in [1.165, 1.54) is 6.42 Å². The monoisotopic (exact) mass is 128 g/mol. The smallest absolute Gasteiger partial charge is 0.0433 e. The first-order valence-corrected chi connectivity index (χ1v) is 3.86. The maximum absolute atomic E-state index is 8.58. The van der Waals surface area contributed by atoms with E-state index in [4.69, 9.17) is 5.11 Å². The highest BCUT2D eigenvalue weighted by Crippen LogP contribution is 2.45. The fraction of sp³-hybridized carbons (Fsp3) is 1.00. The van der Waals surface area contributed by atoms with Gasteiger partial charge in [0.05, 0.1) is 0 Å². The van der Waals surface area contributed by atoms with Gasteiger partial charge in [0.1, 0.15) is 0 Å². The van der Waals surface area contributed by atoms with Crippen molar-refractivity contribution in [2.45, 2.75) is 26.7 Å². The van der Waals surface area contributed by atoms with Crippen molar-refractivity contribution in [3.8, 4) is 0 Å². The highest BCUT2D eigenvalue weighted by molar-refractivity contribution is 4.87. The maximum Gasteiger partial charge on any atom is 0.0433 e. The molecule has 1 N–H and O–H groups in total. The van der Waals surface area contributed by atoms with Gasteiger partial charge in [0.2, 0.25) is 0 Å². The average molecular weight is 128 g/mol. The van der Waals surface area contributed by atoms with Crippen LogP contribution in [0.1, 0.15) is 26.7 Å². The molecular formula is C8H16O. The van der Waals surface area contributed by atoms with Crippen LogP contribution in [0.15, 0.2) is 0 Å². The molecule has 1 aliphatic rings. The summed E-state index contributed by atoms with van der Waals surface area (Å²) >= 11 is 0. The number of aliphatic hydroxyl groups excluding tert-OH is 1. The predicted octanol–water partition coefficient (Wildman–Crippen LogP) is 1.66. The Balaban J connectivity index is 2.09. The summed E-state index contributed by atoms with van der Waals surface area (Å²) in [7, 11) is 0. The van der Waals surface area contributed by atoms with E-state index in [-0.39, 0.29) is 0 Å². The zero-order chi connectivity index (χ0) is 6.85. The van der Waals surface area contributed by atoms with Crippen LogP contribution in [0.3, 0.4) is 0 Å². The van der Waals surface area contributed by atoms with Gasteiger partial charge >= 0.3 is 0 Å². The summed E-state index contributed by atoms with van der Waals surface area (Å²) in [5.74, 6) is 2.62. The van der Waals surface area contributed by atoms with Crippen LogP contribution in [0.5, 0.6) is 0 Å². The minimum absolute atomic E-state index is 0.383. The normalized spacial score (nSPS) is 33.3. The first-order chi connectivity index (χ1) is 4.25. The standard InChI is InChI=1S/C8H16O/c1-6(2)8-5-7(8)3-4-9/h6-9H,3-5H2,1-2H3/t7-,8+/m0/s1. The first kappa shape index (κ1) is 7.07. The number of hydrogen-bond donors (Lipinski definition) is 1. The Morgan fingerprint density at radius 1 is 1.56 bits per heavy atom. The van der Waals surface area contributed by atoms with E-state index in [2.05, 4.69) is 13.8 Å². The van der Waals surface area contributed by atoms with Crippen LogP contribution in [-0.4, -0.2) is 11.7 Å². The van der Waals surface area contributed by atoms with Crippen molar-refractivity contribution in [1.29, 1.82) is 0 Å². The Kier molecular flexibility index (Phi) is 2.12. The highest BCUT2D eigenvalue weighted by atomic mass is 16.3. The molecule has 9 heavy (non-hydrogen) atoms. The zero-order valence-corrected chi connectivity index (χ0v) is 6.30. The molecule has 0 spiro atoms. The second-order valence-electron chi connectivity index (χ2n) is 3.42. The van der Waals surface area contributed by atoms with E-state index in [1.807, 2.05) is 0 Å². The van der Waals surface area contributed by atoms with Gasteiger partial charge in [0.25, 0.3) is 0 Å². The molecule has 2 atom stereocenters. The molecule has 0 aromatic heterocycles. The third-order valence-electron chi connectivity index (χ3n) is 2.33. The van der Waals surface area contributed by atoms with Gasteiger partial charge < -0.3 is 5.11 Å². The number of hydrogen-bond acceptors (Lipinski definition) is 1. The van der Waals surface area contributed by atoms with Crippen LogP contribution in [0.25, 0.3) is 0 Å². The summed E-state index contributed by atoms with van der Waals surface area (Å²) in [6.07, 6.45) is 2.39. The van der Waals surface area contributed by atoms with Crippen LogP contribution >= 0.6 is 0 Å². The van der Waals surface area contributed by atoms with E-state index in [9.17, 15) is 0 Å². The Morgan fingerprint density at radius 2 is 2.22 bits per heavy atom. The molecule has 0 bridgehead atoms. The third kappa shape index (κ3) is 1.68. The average Bonchev–Trinajstić information content (AvgIpc) is 2.47. The molecule has 1 saturated carbocycles. The van der Waals surface area contributed by atoms with E-state index in [0.29, 0.717) is 6.61 Å². The molecule has 0 aliphatic heterocycles. The molecule has 1 fully saturated rings. The molecule has 1 rings (SSSR count). The zero-order valence-electron chi connectivity index (χ0n) is 6.30. The van der Waals surface area contributed by atoms with Gasteiger partial charge in [-0.3, -0.25) is 0 Å². The minimum Gasteiger partial charge on any atom is -0.396 e. The van der Waals surface area contributed by atoms with E-state index in [1.54, 1.807) is 0 Å². The Morgan fingerprint density at radius 3 is 2.56 bits per heavy atom. The van der Waals surface area contributed by atoms with Gasteiger partial charge in [-0.2, -0.15) is 0 Å². The fourth-order valence-corrected chi connectivity index (χ4v) is 1.59. The largest absolute Gasteiger partial charge is 0.396 e. The van der Waals surface area contributed by atoms with Crippen LogP contribution < -0.4 is 0 Å². The second kappa shape index (κ2) is 2.70. The van der Waals surface area contributed by atoms with E-state index >= 15 is 0 Å². The van der Waals surface area contributed by atoms with E-state index in [0.717, 1.165) is 24.2 Å². The molecule has 0 aromatic carbocycles. The molecule has 0 saturated heterocycles. The van der Waals surface area contributed by atoms with Crippen molar-refractivity contribution in [3.63, 3.8) is 0 Å². The van der Waals surface area contributed by atoms with Crippen molar-refractivity contribution >= 4 is 0 Å². The van der Waals surface area contributed by atoms with Crippen molar-refractivity contribution in [1.82, 2.24) is 0 Å². The van der Waals surface area contributed by atoms with Crippen molar-refractivity contribution in [2.75, 3.05) is 6.61 Å². The van der Waals surface area contributed by atoms with Crippen molar-refractivity contribution in [3.05, 3.63) is 0 Å². The summed E-state index contributed by atoms with van der Waals surface area (Å²) in [5.41, 5.74) is 0. The summed E-state index contributed by atoms with van der Waals surface area (Å²) in [4.78, 5) is 0. The lowest BCUT2D eigenvalue weighted by atomic mass is 10.1. The van der Waals surface area contributed by atoms with Crippen molar-refractivity contribution in [2.24, 2.45) is 17.8 Å². The van der Waals surface area contributed by atoms with Crippen LogP contribution in [-0.2, 0) is 0 Å². The second-order valence-corrected chi connectivity index (χ2v) is 3.42. The highest BCUT2D eigenvalue weighted by Gasteiger charge is 2.37. The molecular weight excluding hydrogens is 112 g/mol. The molecule has 0 unspecified atom stereocenters. The van der Waals surface area contributed by atoms with Crippen LogP contribution in [0.4, 0.5) is 0 Å². The molecule has 0 radical (unpaired) electrons. The van der Waals surface area contributed by atoms with Gasteiger partial charge in [0, 0.05) is 6.61 Å². The third-order valence-corrected chi connectivity index (χ3v) is 2.33. The number of aliphatic hydroxyl groups is 1. The molecule has 0 aromatic rings. The van der Waals surface area contributed by atoms with Crippen LogP contribution in [0.2, 0.25) is 0 Å². The maximum atomic E-state index is 8.58. The van der Waals surface area contributed by atoms with Gasteiger partial charge in [-0.1, -0.05) is 13.8 Å². The Hall–Kier alpha value is -0.0400. The lowest BCUT2D eigenvalue weighted by Crippen LogP contribution is -1.94. The lowest BCUT2D eigenvalue weighted by molar-refractivity contribution is 0.274. The SMILES string of the molecule is CC(C)[C@H]1C[C@@H]1CCO. The molecule has 0 heterocycles. The summed E-state index contributed by atoms with van der Waals surface area (Å²) in [6, 6.07) is 0. The molecule has 1 aliphatic carbocycles. The van der Waals surface area contributed by atoms with Gasteiger partial charge in [-0.05, 0) is 30.6 Å². The minimum atomic E-state index is 0.383. The van der Waals surface area contributed by atoms with Gasteiger partial charge in [-0.15, -0.1) is 0 Å². The Labute approximate surface area is 57.1 Å². The Bertz CT molecular complexity index is 88.6. The molecule has 1 nitrogen and oxygen atoms in total. The summed E-state index contributed by atoms with van der Waals surface area (Å²) in [5, 5.41) is 8.58. The van der Waals surface area contributed by atoms with Crippen LogP contribution in [0, 0.1) is 17.8 Å². The van der Waals surface area contributed by atoms with Crippen molar-refractivity contribution < 1.29 is 5.11 Å². The topological polar surface area (TPSA) is 20.2 Å². The predicted molar refractivity (Wildman–Crippen MR) is 38.1 cm³/mol. The summed E-state index contributed by atoms with van der Waals surface area (Å²) < 4.78 is 0. The lowest BCUT2D eigenvalue weighted by Gasteiger charge is -2.00.